The Morgan fingerprint density at radius 3 is 2.74 bits per heavy atom. The fraction of sp³-hybridized carbons (Fsp3) is 0.647. The minimum absolute atomic E-state index is 0.0317. The molecule has 5 nitrogen and oxygen atoms in total. The van der Waals surface area contributed by atoms with Crippen LogP contribution in [-0.2, 0) is 14.8 Å². The van der Waals surface area contributed by atoms with Crippen molar-refractivity contribution in [3.63, 3.8) is 0 Å². The van der Waals surface area contributed by atoms with E-state index in [0.717, 1.165) is 37.0 Å². The second-order valence-electron chi connectivity index (χ2n) is 6.73. The van der Waals surface area contributed by atoms with Crippen molar-refractivity contribution < 1.29 is 17.9 Å². The molecule has 1 aromatic rings. The molecule has 1 spiro atoms. The predicted molar refractivity (Wildman–Crippen MR) is 89.0 cm³/mol. The SMILES string of the molecule is CO[C@H](C)CS(=O)(=O)N[C@H]1CC2(CCCC2)Oc2ccccc21. The highest BCUT2D eigenvalue weighted by molar-refractivity contribution is 7.89. The molecule has 23 heavy (non-hydrogen) atoms. The molecule has 1 fully saturated rings. The van der Waals surface area contributed by atoms with E-state index in [2.05, 4.69) is 4.72 Å². The highest BCUT2D eigenvalue weighted by atomic mass is 32.2. The van der Waals surface area contributed by atoms with Gasteiger partial charge in [-0.25, -0.2) is 13.1 Å². The third kappa shape index (κ3) is 3.70. The van der Waals surface area contributed by atoms with Gasteiger partial charge in [0.05, 0.1) is 17.9 Å². The maximum atomic E-state index is 12.4. The third-order valence-corrected chi connectivity index (χ3v) is 6.44. The van der Waals surface area contributed by atoms with Crippen LogP contribution in [-0.4, -0.2) is 33.0 Å². The summed E-state index contributed by atoms with van der Waals surface area (Å²) in [6, 6.07) is 7.52. The van der Waals surface area contributed by atoms with Crippen LogP contribution in [0.3, 0.4) is 0 Å². The first-order chi connectivity index (χ1) is 10.9. The van der Waals surface area contributed by atoms with Gasteiger partial charge in [-0.15, -0.1) is 0 Å². The molecule has 0 aromatic heterocycles. The molecule has 0 saturated heterocycles. The first-order valence-electron chi connectivity index (χ1n) is 8.24. The molecular formula is C17H25NO4S. The van der Waals surface area contributed by atoms with Crippen molar-refractivity contribution in [1.29, 1.82) is 0 Å². The number of para-hydroxylation sites is 1. The van der Waals surface area contributed by atoms with Gasteiger partial charge in [-0.05, 0) is 38.7 Å². The van der Waals surface area contributed by atoms with Crippen LogP contribution in [0.25, 0.3) is 0 Å². The van der Waals surface area contributed by atoms with Crippen LogP contribution < -0.4 is 9.46 Å². The number of sulfonamides is 1. The van der Waals surface area contributed by atoms with Gasteiger partial charge in [0.15, 0.2) is 0 Å². The van der Waals surface area contributed by atoms with Gasteiger partial charge in [-0.1, -0.05) is 18.2 Å². The van der Waals surface area contributed by atoms with Crippen molar-refractivity contribution in [2.45, 2.75) is 56.8 Å². The van der Waals surface area contributed by atoms with Crippen LogP contribution >= 0.6 is 0 Å². The molecule has 0 radical (unpaired) electrons. The molecule has 0 unspecified atom stereocenters. The molecule has 1 saturated carbocycles. The lowest BCUT2D eigenvalue weighted by Crippen LogP contribution is -2.44. The zero-order valence-corrected chi connectivity index (χ0v) is 14.6. The first kappa shape index (κ1) is 16.7. The van der Waals surface area contributed by atoms with Crippen molar-refractivity contribution in [3.8, 4) is 5.75 Å². The molecule has 128 valence electrons. The topological polar surface area (TPSA) is 64.6 Å². The van der Waals surface area contributed by atoms with Gasteiger partial charge in [-0.2, -0.15) is 0 Å². The average Bonchev–Trinajstić information content (AvgIpc) is 2.93. The maximum absolute atomic E-state index is 12.4. The molecule has 1 heterocycles. The summed E-state index contributed by atoms with van der Waals surface area (Å²) in [6.07, 6.45) is 4.64. The lowest BCUT2D eigenvalue weighted by atomic mass is 9.86. The number of hydrogen-bond donors (Lipinski definition) is 1. The minimum atomic E-state index is -3.41. The van der Waals surface area contributed by atoms with Crippen LogP contribution in [0.1, 0.15) is 50.6 Å². The van der Waals surface area contributed by atoms with E-state index in [9.17, 15) is 8.42 Å². The van der Waals surface area contributed by atoms with Crippen LogP contribution in [0.15, 0.2) is 24.3 Å². The standard InChI is InChI=1S/C17H25NO4S/c1-13(21-2)12-23(19,20)18-15-11-17(9-5-6-10-17)22-16-8-4-3-7-14(15)16/h3-4,7-8,13,15,18H,5-6,9-12H2,1-2H3/t13-,15+/m1/s1. The Morgan fingerprint density at radius 2 is 2.04 bits per heavy atom. The number of fused-ring (bicyclic) bond motifs is 1. The second-order valence-corrected chi connectivity index (χ2v) is 8.53. The van der Waals surface area contributed by atoms with Crippen LogP contribution in [0, 0.1) is 0 Å². The van der Waals surface area contributed by atoms with Gasteiger partial charge in [0, 0.05) is 19.1 Å². The smallest absolute Gasteiger partial charge is 0.214 e. The van der Waals surface area contributed by atoms with Crippen LogP contribution in [0.5, 0.6) is 5.75 Å². The Hall–Kier alpha value is -1.11. The van der Waals surface area contributed by atoms with Crippen molar-refractivity contribution in [3.05, 3.63) is 29.8 Å². The van der Waals surface area contributed by atoms with Crippen LogP contribution in [0.2, 0.25) is 0 Å². The van der Waals surface area contributed by atoms with E-state index in [1.165, 1.54) is 7.11 Å². The van der Waals surface area contributed by atoms with E-state index >= 15 is 0 Å². The predicted octanol–water partition coefficient (Wildman–Crippen LogP) is 2.78. The monoisotopic (exact) mass is 339 g/mol. The molecule has 1 aliphatic heterocycles. The summed E-state index contributed by atoms with van der Waals surface area (Å²) >= 11 is 0. The molecule has 1 N–H and O–H groups in total. The van der Waals surface area contributed by atoms with E-state index in [1.807, 2.05) is 24.3 Å². The van der Waals surface area contributed by atoms with E-state index in [0.29, 0.717) is 6.42 Å². The van der Waals surface area contributed by atoms with E-state index in [4.69, 9.17) is 9.47 Å². The zero-order valence-electron chi connectivity index (χ0n) is 13.7. The Morgan fingerprint density at radius 1 is 1.35 bits per heavy atom. The summed E-state index contributed by atoms with van der Waals surface area (Å²) in [5, 5.41) is 0. The number of nitrogens with one attached hydrogen (secondary N) is 1. The van der Waals surface area contributed by atoms with Gasteiger partial charge >= 0.3 is 0 Å². The second kappa shape index (κ2) is 6.42. The number of benzene rings is 1. The lowest BCUT2D eigenvalue weighted by molar-refractivity contribution is 0.0402. The van der Waals surface area contributed by atoms with E-state index < -0.39 is 10.0 Å². The number of ether oxygens (including phenoxy) is 2. The minimum Gasteiger partial charge on any atom is -0.487 e. The largest absolute Gasteiger partial charge is 0.487 e. The van der Waals surface area contributed by atoms with E-state index in [1.54, 1.807) is 6.92 Å². The number of methoxy groups -OCH3 is 1. The van der Waals surface area contributed by atoms with Crippen molar-refractivity contribution in [1.82, 2.24) is 4.72 Å². The quantitative estimate of drug-likeness (QED) is 0.896. The Bertz CT molecular complexity index is 652. The van der Waals surface area contributed by atoms with Crippen LogP contribution in [0.4, 0.5) is 0 Å². The highest BCUT2D eigenvalue weighted by Crippen LogP contribution is 2.47. The number of hydrogen-bond acceptors (Lipinski definition) is 4. The third-order valence-electron chi connectivity index (χ3n) is 4.89. The van der Waals surface area contributed by atoms with Gasteiger partial charge in [-0.3, -0.25) is 0 Å². The molecule has 1 aromatic carbocycles. The molecule has 0 amide bonds. The number of rotatable bonds is 5. The fourth-order valence-electron chi connectivity index (χ4n) is 3.69. The molecule has 6 heteroatoms. The normalized spacial score (nSPS) is 24.2. The molecule has 1 aliphatic carbocycles. The summed E-state index contributed by atoms with van der Waals surface area (Å²) in [5.41, 5.74) is 0.715. The fourth-order valence-corrected chi connectivity index (χ4v) is 5.18. The lowest BCUT2D eigenvalue weighted by Gasteiger charge is -2.40. The summed E-state index contributed by atoms with van der Waals surface area (Å²) in [4.78, 5) is 0. The molecule has 0 bridgehead atoms. The van der Waals surface area contributed by atoms with Crippen molar-refractivity contribution >= 4 is 10.0 Å². The van der Waals surface area contributed by atoms with Gasteiger partial charge in [0.25, 0.3) is 0 Å². The molecular weight excluding hydrogens is 314 g/mol. The average molecular weight is 339 g/mol. The molecule has 3 rings (SSSR count). The summed E-state index contributed by atoms with van der Waals surface area (Å²) in [7, 11) is -1.89. The Balaban J connectivity index is 1.85. The van der Waals surface area contributed by atoms with E-state index in [-0.39, 0.29) is 23.5 Å². The van der Waals surface area contributed by atoms with Gasteiger partial charge < -0.3 is 9.47 Å². The van der Waals surface area contributed by atoms with Gasteiger partial charge in [0.2, 0.25) is 10.0 Å². The van der Waals surface area contributed by atoms with Gasteiger partial charge in [0.1, 0.15) is 11.4 Å². The van der Waals surface area contributed by atoms with Crippen molar-refractivity contribution in [2.75, 3.05) is 12.9 Å². The summed E-state index contributed by atoms with van der Waals surface area (Å²) < 4.78 is 39.1. The Kier molecular flexibility index (Phi) is 4.67. The molecule has 2 aliphatic rings. The summed E-state index contributed by atoms with van der Waals surface area (Å²) in [5.74, 6) is 0.781. The highest BCUT2D eigenvalue weighted by Gasteiger charge is 2.43. The first-order valence-corrected chi connectivity index (χ1v) is 9.89. The Labute approximate surface area is 138 Å². The summed E-state index contributed by atoms with van der Waals surface area (Å²) in [6.45, 7) is 1.76. The maximum Gasteiger partial charge on any atom is 0.214 e. The van der Waals surface area contributed by atoms with Crippen molar-refractivity contribution in [2.24, 2.45) is 0 Å². The zero-order chi connectivity index (χ0) is 16.5. The molecule has 2 atom stereocenters.